The van der Waals surface area contributed by atoms with Crippen LogP contribution in [-0.2, 0) is 19.4 Å². The molecule has 0 aromatic carbocycles. The molecule has 0 spiro atoms. The molecule has 4 nitrogen and oxygen atoms in total. The Morgan fingerprint density at radius 3 is 3.25 bits per heavy atom. The first-order chi connectivity index (χ1) is 9.72. The molecule has 20 heavy (non-hydrogen) atoms. The van der Waals surface area contributed by atoms with Gasteiger partial charge in [0.1, 0.15) is 0 Å². The maximum absolute atomic E-state index is 4.41. The standard InChI is InChI=1S/C15H22N4S/c1-11(6-13-4-3-5-20-13)19(2)9-12-7-14-15(8-16-12)18-10-17-14/h3-5,10-12,16H,6-9H2,1-2H3,(H,17,18). The smallest absolute Gasteiger partial charge is 0.0925 e. The van der Waals surface area contributed by atoms with Gasteiger partial charge in [0.05, 0.1) is 17.7 Å². The van der Waals surface area contributed by atoms with Gasteiger partial charge in [-0.05, 0) is 31.8 Å². The van der Waals surface area contributed by atoms with Crippen LogP contribution in [0.2, 0.25) is 0 Å². The normalized spacial score (nSPS) is 20.1. The minimum Gasteiger partial charge on any atom is -0.347 e. The van der Waals surface area contributed by atoms with Crippen LogP contribution in [0, 0.1) is 0 Å². The van der Waals surface area contributed by atoms with Crippen LogP contribution in [-0.4, -0.2) is 40.5 Å². The van der Waals surface area contributed by atoms with Crippen molar-refractivity contribution in [1.82, 2.24) is 20.2 Å². The third kappa shape index (κ3) is 3.11. The van der Waals surface area contributed by atoms with Crippen LogP contribution >= 0.6 is 11.3 Å². The summed E-state index contributed by atoms with van der Waals surface area (Å²) in [5, 5.41) is 5.75. The average Bonchev–Trinajstić information content (AvgIpc) is 3.08. The molecule has 2 aromatic heterocycles. The minimum absolute atomic E-state index is 0.501. The van der Waals surface area contributed by atoms with Crippen molar-refractivity contribution in [2.75, 3.05) is 13.6 Å². The lowest BCUT2D eigenvalue weighted by Gasteiger charge is -2.31. The highest BCUT2D eigenvalue weighted by Gasteiger charge is 2.22. The second-order valence-electron chi connectivity index (χ2n) is 5.68. The number of nitrogens with one attached hydrogen (secondary N) is 2. The maximum atomic E-state index is 4.41. The van der Waals surface area contributed by atoms with Crippen molar-refractivity contribution in [3.05, 3.63) is 40.1 Å². The Hall–Kier alpha value is -1.17. The molecule has 0 fully saturated rings. The SMILES string of the molecule is CC(Cc1cccs1)N(C)CC1Cc2nc[nH]c2CN1. The number of likely N-dealkylation sites (N-methyl/N-ethyl adjacent to an activating group) is 1. The topological polar surface area (TPSA) is 44.0 Å². The highest BCUT2D eigenvalue weighted by Crippen LogP contribution is 2.16. The zero-order valence-corrected chi connectivity index (χ0v) is 12.9. The first kappa shape index (κ1) is 13.8. The number of thiophene rings is 1. The summed E-state index contributed by atoms with van der Waals surface area (Å²) < 4.78 is 0. The van der Waals surface area contributed by atoms with Crippen LogP contribution in [0.3, 0.4) is 0 Å². The Morgan fingerprint density at radius 1 is 1.55 bits per heavy atom. The Labute approximate surface area is 124 Å². The van der Waals surface area contributed by atoms with E-state index in [1.165, 1.54) is 16.3 Å². The van der Waals surface area contributed by atoms with Gasteiger partial charge in [-0.25, -0.2) is 4.98 Å². The van der Waals surface area contributed by atoms with Crippen molar-refractivity contribution in [2.24, 2.45) is 0 Å². The number of hydrogen-bond donors (Lipinski definition) is 2. The highest BCUT2D eigenvalue weighted by molar-refractivity contribution is 7.09. The van der Waals surface area contributed by atoms with Gasteiger partial charge in [-0.15, -0.1) is 11.3 Å². The van der Waals surface area contributed by atoms with Gasteiger partial charge in [0.15, 0.2) is 0 Å². The number of rotatable bonds is 5. The molecular weight excluding hydrogens is 268 g/mol. The second kappa shape index (κ2) is 6.08. The van der Waals surface area contributed by atoms with Gasteiger partial charge >= 0.3 is 0 Å². The molecule has 0 aliphatic carbocycles. The van der Waals surface area contributed by atoms with Gasteiger partial charge in [-0.2, -0.15) is 0 Å². The van der Waals surface area contributed by atoms with E-state index < -0.39 is 0 Å². The van der Waals surface area contributed by atoms with Crippen LogP contribution in [0.4, 0.5) is 0 Å². The van der Waals surface area contributed by atoms with E-state index in [2.05, 4.69) is 51.7 Å². The Kier molecular flexibility index (Phi) is 4.19. The maximum Gasteiger partial charge on any atom is 0.0925 e. The summed E-state index contributed by atoms with van der Waals surface area (Å²) in [6.45, 7) is 4.29. The zero-order valence-electron chi connectivity index (χ0n) is 12.1. The molecule has 0 amide bonds. The van der Waals surface area contributed by atoms with Crippen molar-refractivity contribution in [3.8, 4) is 0 Å². The number of fused-ring (bicyclic) bond motifs is 1. The van der Waals surface area contributed by atoms with Crippen molar-refractivity contribution < 1.29 is 0 Å². The second-order valence-corrected chi connectivity index (χ2v) is 6.71. The van der Waals surface area contributed by atoms with E-state index in [0.29, 0.717) is 12.1 Å². The molecule has 0 saturated heterocycles. The number of nitrogens with zero attached hydrogens (tertiary/aromatic N) is 2. The average molecular weight is 290 g/mol. The first-order valence-electron chi connectivity index (χ1n) is 7.19. The monoisotopic (exact) mass is 290 g/mol. The summed E-state index contributed by atoms with van der Waals surface area (Å²) >= 11 is 1.85. The van der Waals surface area contributed by atoms with E-state index in [0.717, 1.165) is 25.9 Å². The fourth-order valence-electron chi connectivity index (χ4n) is 2.76. The number of H-pyrrole nitrogens is 1. The summed E-state index contributed by atoms with van der Waals surface area (Å²) in [5.41, 5.74) is 2.48. The molecule has 1 aliphatic rings. The summed E-state index contributed by atoms with van der Waals surface area (Å²) in [7, 11) is 2.22. The molecule has 2 N–H and O–H groups in total. The molecule has 0 bridgehead atoms. The Morgan fingerprint density at radius 2 is 2.45 bits per heavy atom. The summed E-state index contributed by atoms with van der Waals surface area (Å²) in [5.74, 6) is 0. The Balaban J connectivity index is 1.53. The quantitative estimate of drug-likeness (QED) is 0.886. The lowest BCUT2D eigenvalue weighted by Crippen LogP contribution is -2.46. The van der Waals surface area contributed by atoms with Crippen LogP contribution < -0.4 is 5.32 Å². The minimum atomic E-state index is 0.501. The number of aromatic nitrogens is 2. The third-order valence-electron chi connectivity index (χ3n) is 4.15. The lowest BCUT2D eigenvalue weighted by molar-refractivity contribution is 0.222. The van der Waals surface area contributed by atoms with E-state index in [1.54, 1.807) is 6.33 Å². The molecule has 5 heteroatoms. The van der Waals surface area contributed by atoms with E-state index in [9.17, 15) is 0 Å². The summed E-state index contributed by atoms with van der Waals surface area (Å²) in [4.78, 5) is 11.5. The Bertz CT molecular complexity index is 534. The molecule has 1 aliphatic heterocycles. The van der Waals surface area contributed by atoms with Gasteiger partial charge in [-0.3, -0.25) is 0 Å². The summed E-state index contributed by atoms with van der Waals surface area (Å²) in [6, 6.07) is 5.43. The fraction of sp³-hybridized carbons (Fsp3) is 0.533. The molecule has 3 rings (SSSR count). The largest absolute Gasteiger partial charge is 0.347 e. The first-order valence-corrected chi connectivity index (χ1v) is 8.07. The molecule has 3 heterocycles. The van der Waals surface area contributed by atoms with E-state index in [-0.39, 0.29) is 0 Å². The van der Waals surface area contributed by atoms with Crippen molar-refractivity contribution in [3.63, 3.8) is 0 Å². The molecule has 2 aromatic rings. The summed E-state index contributed by atoms with van der Waals surface area (Å²) in [6.07, 6.45) is 3.96. The highest BCUT2D eigenvalue weighted by atomic mass is 32.1. The fourth-order valence-corrected chi connectivity index (χ4v) is 3.59. The van der Waals surface area contributed by atoms with Crippen LogP contribution in [0.5, 0.6) is 0 Å². The molecule has 2 atom stereocenters. The van der Waals surface area contributed by atoms with Crippen LogP contribution in [0.25, 0.3) is 0 Å². The van der Waals surface area contributed by atoms with Gasteiger partial charge in [0.2, 0.25) is 0 Å². The number of imidazole rings is 1. The van der Waals surface area contributed by atoms with Crippen molar-refractivity contribution >= 4 is 11.3 Å². The van der Waals surface area contributed by atoms with E-state index in [1.807, 2.05) is 11.3 Å². The number of aromatic amines is 1. The zero-order chi connectivity index (χ0) is 13.9. The van der Waals surface area contributed by atoms with Crippen LogP contribution in [0.1, 0.15) is 23.2 Å². The molecule has 0 radical (unpaired) electrons. The predicted octanol–water partition coefficient (Wildman–Crippen LogP) is 2.05. The van der Waals surface area contributed by atoms with Crippen molar-refractivity contribution in [2.45, 2.75) is 38.4 Å². The lowest BCUT2D eigenvalue weighted by atomic mass is 10.0. The molecule has 2 unspecified atom stereocenters. The van der Waals surface area contributed by atoms with Gasteiger partial charge in [-0.1, -0.05) is 6.07 Å². The molecule has 0 saturated carbocycles. The van der Waals surface area contributed by atoms with E-state index in [4.69, 9.17) is 0 Å². The number of hydrogen-bond acceptors (Lipinski definition) is 4. The molecule has 108 valence electrons. The van der Waals surface area contributed by atoms with Crippen molar-refractivity contribution in [1.29, 1.82) is 0 Å². The third-order valence-corrected chi connectivity index (χ3v) is 5.05. The van der Waals surface area contributed by atoms with Gasteiger partial charge < -0.3 is 15.2 Å². The van der Waals surface area contributed by atoms with Crippen LogP contribution in [0.15, 0.2) is 23.8 Å². The van der Waals surface area contributed by atoms with E-state index >= 15 is 0 Å². The predicted molar refractivity (Wildman–Crippen MR) is 83.0 cm³/mol. The molecular formula is C15H22N4S. The van der Waals surface area contributed by atoms with Gasteiger partial charge in [0.25, 0.3) is 0 Å². The van der Waals surface area contributed by atoms with Gasteiger partial charge in [0, 0.05) is 36.5 Å².